The van der Waals surface area contributed by atoms with Crippen LogP contribution in [0.3, 0.4) is 0 Å². The van der Waals surface area contributed by atoms with Crippen molar-refractivity contribution >= 4 is 117 Å². The van der Waals surface area contributed by atoms with Crippen LogP contribution in [0, 0.1) is 0 Å². The first-order valence-electron chi connectivity index (χ1n) is 16.6. The summed E-state index contributed by atoms with van der Waals surface area (Å²) in [5.41, 5.74) is 12.4. The predicted octanol–water partition coefficient (Wildman–Crippen LogP) is 8.87. The zero-order valence-corrected chi connectivity index (χ0v) is 27.8. The van der Waals surface area contributed by atoms with Gasteiger partial charge in [0.1, 0.15) is 8.07 Å². The van der Waals surface area contributed by atoms with E-state index in [4.69, 9.17) is 0 Å². The Hall–Kier alpha value is -5.10. The van der Waals surface area contributed by atoms with E-state index in [1.54, 1.807) is 0 Å². The Bertz CT molecular complexity index is 2910. The van der Waals surface area contributed by atoms with Crippen LogP contribution in [0.1, 0.15) is 0 Å². The van der Waals surface area contributed by atoms with Crippen molar-refractivity contribution in [2.45, 2.75) is 13.1 Å². The van der Waals surface area contributed by atoms with Gasteiger partial charge in [-0.15, -0.1) is 11.3 Å². The summed E-state index contributed by atoms with van der Waals surface area (Å²) in [6, 6.07) is 48.8. The van der Waals surface area contributed by atoms with E-state index in [0.29, 0.717) is 0 Å². The molecule has 12 rings (SSSR count). The molecule has 0 saturated carbocycles. The summed E-state index contributed by atoms with van der Waals surface area (Å²) in [7, 11) is -2.01. The molecule has 0 saturated heterocycles. The monoisotopic (exact) mass is 630 g/mol. The van der Waals surface area contributed by atoms with Crippen LogP contribution in [0.4, 0.5) is 17.1 Å². The lowest BCUT2D eigenvalue weighted by Crippen LogP contribution is -2.65. The Morgan fingerprint density at radius 3 is 2.26 bits per heavy atom. The molecule has 7 aromatic carbocycles. The minimum Gasteiger partial charge on any atom is -0.375 e. The number of anilines is 3. The molecule has 218 valence electrons. The fourth-order valence-corrected chi connectivity index (χ4v) is 13.7. The molecule has 47 heavy (non-hydrogen) atoms. The molecule has 0 aliphatic carbocycles. The highest BCUT2D eigenvalue weighted by Gasteiger charge is 2.49. The number of hydrogen-bond donors (Lipinski definition) is 0. The second-order valence-corrected chi connectivity index (χ2v) is 19.5. The first-order chi connectivity index (χ1) is 23.1. The number of para-hydroxylation sites is 3. The van der Waals surface area contributed by atoms with E-state index in [-0.39, 0.29) is 6.85 Å². The van der Waals surface area contributed by atoms with Crippen LogP contribution >= 0.6 is 11.3 Å². The van der Waals surface area contributed by atoms with Gasteiger partial charge in [0.05, 0.1) is 5.69 Å². The Balaban J connectivity index is 1.36. The average molecular weight is 631 g/mol. The molecule has 2 nitrogen and oxygen atoms in total. The van der Waals surface area contributed by atoms with Gasteiger partial charge in [0.25, 0.3) is 0 Å². The Morgan fingerprint density at radius 2 is 1.34 bits per heavy atom. The molecule has 0 amide bonds. The zero-order valence-electron chi connectivity index (χ0n) is 26.0. The Kier molecular flexibility index (Phi) is 4.39. The summed E-state index contributed by atoms with van der Waals surface area (Å²) < 4.78 is 5.44. The van der Waals surface area contributed by atoms with Crippen molar-refractivity contribution in [3.8, 4) is 11.1 Å². The van der Waals surface area contributed by atoms with E-state index in [1.807, 2.05) is 11.3 Å². The van der Waals surface area contributed by atoms with Crippen LogP contribution in [0.25, 0.3) is 63.9 Å². The van der Waals surface area contributed by atoms with Crippen molar-refractivity contribution in [3.05, 3.63) is 127 Å². The maximum absolute atomic E-state index is 2.72. The third kappa shape index (κ3) is 2.83. The van der Waals surface area contributed by atoms with E-state index < -0.39 is 8.07 Å². The first kappa shape index (κ1) is 25.0. The van der Waals surface area contributed by atoms with Gasteiger partial charge in [-0.25, -0.2) is 0 Å². The number of thiophene rings is 1. The van der Waals surface area contributed by atoms with Gasteiger partial charge in [-0.1, -0.05) is 110 Å². The summed E-state index contributed by atoms with van der Waals surface area (Å²) >= 11 is 1.94. The number of rotatable bonds is 0. The standard InChI is InChI=1S/C42H27BN2SSi/c1-47(2)36-19-8-6-17-32(36)44-41-31(16-10-20-37(41)47)43-39-30(23-35-38(42(39)44)28-13-5-7-18-34(28)46-35)27-15-9-14-26-29-21-24-11-3-4-12-25(24)22-33(29)45(43)40(26)27/h3-23H,1-2H3. The van der Waals surface area contributed by atoms with E-state index in [9.17, 15) is 0 Å². The van der Waals surface area contributed by atoms with Crippen molar-refractivity contribution in [2.24, 2.45) is 0 Å². The van der Waals surface area contributed by atoms with Crippen LogP contribution in [0.2, 0.25) is 13.1 Å². The van der Waals surface area contributed by atoms with Crippen LogP contribution in [-0.2, 0) is 0 Å². The third-order valence-corrected chi connectivity index (χ3v) is 16.1. The van der Waals surface area contributed by atoms with E-state index in [1.165, 1.54) is 102 Å². The molecule has 0 radical (unpaired) electrons. The van der Waals surface area contributed by atoms with E-state index >= 15 is 0 Å². The maximum Gasteiger partial charge on any atom is 0.333 e. The number of aromatic nitrogens is 1. The summed E-state index contributed by atoms with van der Waals surface area (Å²) in [4.78, 5) is 2.70. The number of benzene rings is 7. The molecule has 5 heteroatoms. The summed E-state index contributed by atoms with van der Waals surface area (Å²) in [6.07, 6.45) is 0. The third-order valence-electron chi connectivity index (χ3n) is 11.5. The molecular formula is C42H27BN2SSi. The first-order valence-corrected chi connectivity index (χ1v) is 20.4. The van der Waals surface area contributed by atoms with Crippen LogP contribution in [0.5, 0.6) is 0 Å². The van der Waals surface area contributed by atoms with Gasteiger partial charge in [-0.3, -0.25) is 0 Å². The number of fused-ring (bicyclic) bond motifs is 14. The highest BCUT2D eigenvalue weighted by atomic mass is 32.1. The normalized spacial score (nSPS) is 15.1. The molecule has 5 heterocycles. The van der Waals surface area contributed by atoms with Gasteiger partial charge in [0, 0.05) is 58.9 Å². The number of hydrogen-bond acceptors (Lipinski definition) is 2. The lowest BCUT2D eigenvalue weighted by Gasteiger charge is -2.47. The molecule has 3 aliphatic rings. The van der Waals surface area contributed by atoms with Crippen LogP contribution in [-0.4, -0.2) is 19.4 Å². The summed E-state index contributed by atoms with van der Waals surface area (Å²) in [5, 5.41) is 11.1. The van der Waals surface area contributed by atoms with Crippen molar-refractivity contribution in [3.63, 3.8) is 0 Å². The smallest absolute Gasteiger partial charge is 0.333 e. The quantitative estimate of drug-likeness (QED) is 0.152. The zero-order chi connectivity index (χ0) is 30.8. The fraction of sp³-hybridized carbons (Fsp3) is 0.0476. The largest absolute Gasteiger partial charge is 0.375 e. The minimum atomic E-state index is -2.01. The highest BCUT2D eigenvalue weighted by Crippen LogP contribution is 2.51. The molecule has 0 unspecified atom stereocenters. The van der Waals surface area contributed by atoms with Crippen LogP contribution in [0.15, 0.2) is 127 Å². The minimum absolute atomic E-state index is 0.0698. The van der Waals surface area contributed by atoms with Gasteiger partial charge in [-0.05, 0) is 68.0 Å². The molecular weight excluding hydrogens is 603 g/mol. The van der Waals surface area contributed by atoms with Crippen molar-refractivity contribution < 1.29 is 0 Å². The van der Waals surface area contributed by atoms with Crippen molar-refractivity contribution in [2.75, 3.05) is 4.90 Å². The molecule has 0 N–H and O–H groups in total. The number of nitrogens with zero attached hydrogens (tertiary/aromatic N) is 2. The van der Waals surface area contributed by atoms with Gasteiger partial charge in [0.15, 0.2) is 0 Å². The molecule has 0 atom stereocenters. The van der Waals surface area contributed by atoms with Gasteiger partial charge in [0.2, 0.25) is 0 Å². The molecule has 9 aromatic rings. The van der Waals surface area contributed by atoms with Crippen LogP contribution < -0.4 is 26.2 Å². The van der Waals surface area contributed by atoms with Crippen molar-refractivity contribution in [1.29, 1.82) is 0 Å². The molecule has 0 fully saturated rings. The topological polar surface area (TPSA) is 8.17 Å². The summed E-state index contributed by atoms with van der Waals surface area (Å²) in [5.74, 6) is 0. The van der Waals surface area contributed by atoms with Gasteiger partial charge >= 0.3 is 6.85 Å². The lowest BCUT2D eigenvalue weighted by molar-refractivity contribution is 1.27. The van der Waals surface area contributed by atoms with E-state index in [2.05, 4.69) is 150 Å². The molecule has 2 aromatic heterocycles. The summed E-state index contributed by atoms with van der Waals surface area (Å²) in [6.45, 7) is 5.16. The maximum atomic E-state index is 2.72. The second kappa shape index (κ2) is 8.24. The SMILES string of the molecule is C[Si]1(C)c2ccccc2N2c3c(cccc31)B1c3c(cc4sc5ccccc5c4c32)-c2cccc3c4cc5ccccc5cc4n1c23. The Morgan fingerprint density at radius 1 is 0.596 bits per heavy atom. The molecule has 0 spiro atoms. The van der Waals surface area contributed by atoms with Gasteiger partial charge < -0.3 is 9.38 Å². The average Bonchev–Trinajstić information content (AvgIpc) is 3.64. The molecule has 3 aliphatic heterocycles. The fourth-order valence-electron chi connectivity index (χ4n) is 9.54. The second-order valence-electron chi connectivity index (χ2n) is 14.1. The van der Waals surface area contributed by atoms with E-state index in [0.717, 1.165) is 0 Å². The van der Waals surface area contributed by atoms with Gasteiger partial charge in [-0.2, -0.15) is 0 Å². The molecule has 0 bridgehead atoms. The highest BCUT2D eigenvalue weighted by molar-refractivity contribution is 7.26. The van der Waals surface area contributed by atoms with Crippen molar-refractivity contribution in [1.82, 2.24) is 4.48 Å². The lowest BCUT2D eigenvalue weighted by atomic mass is 9.45. The predicted molar refractivity (Wildman–Crippen MR) is 207 cm³/mol. The Labute approximate surface area is 277 Å².